The molecule has 2 amide bonds. The van der Waals surface area contributed by atoms with E-state index in [-0.39, 0.29) is 45.9 Å². The van der Waals surface area contributed by atoms with Crippen molar-refractivity contribution in [1.29, 1.82) is 0 Å². The molecule has 6 N–H and O–H groups in total. The van der Waals surface area contributed by atoms with Crippen LogP contribution in [-0.4, -0.2) is 71.3 Å². The van der Waals surface area contributed by atoms with Gasteiger partial charge in [-0.15, -0.1) is 0 Å². The Kier molecular flexibility index (Phi) is 10.1. The minimum Gasteiger partial charge on any atom is -0.506 e. The summed E-state index contributed by atoms with van der Waals surface area (Å²) < 4.78 is 5.27. The van der Waals surface area contributed by atoms with Gasteiger partial charge in [-0.2, -0.15) is 0 Å². The van der Waals surface area contributed by atoms with Gasteiger partial charge < -0.3 is 36.2 Å². The number of aliphatic hydroxyl groups excluding tert-OH is 1. The minimum atomic E-state index is -0.963. The molecule has 1 aromatic carbocycles. The maximum absolute atomic E-state index is 12.7. The zero-order chi connectivity index (χ0) is 26.9. The third kappa shape index (κ3) is 8.30. The highest BCUT2D eigenvalue weighted by Crippen LogP contribution is 2.36. The Morgan fingerprint density at radius 3 is 2.78 bits per heavy atom. The molecule has 2 atom stereocenters. The number of nitrogens with zero attached hydrogens (tertiary/aromatic N) is 2. The first-order valence-electron chi connectivity index (χ1n) is 11.3. The van der Waals surface area contributed by atoms with Crippen molar-refractivity contribution in [3.8, 4) is 5.75 Å². The van der Waals surface area contributed by atoms with Crippen LogP contribution in [0.3, 0.4) is 0 Å². The Balaban J connectivity index is 1.64. The summed E-state index contributed by atoms with van der Waals surface area (Å²) >= 11 is 9.28. The van der Waals surface area contributed by atoms with Crippen LogP contribution < -0.4 is 21.3 Å². The first-order valence-corrected chi connectivity index (χ1v) is 12.4. The Morgan fingerprint density at radius 1 is 1.30 bits per heavy atom. The van der Waals surface area contributed by atoms with Crippen LogP contribution in [0.1, 0.15) is 35.3 Å². The average molecular weight is 598 g/mol. The zero-order valence-corrected chi connectivity index (χ0v) is 22.1. The van der Waals surface area contributed by atoms with E-state index >= 15 is 0 Å². The lowest BCUT2D eigenvalue weighted by molar-refractivity contribution is -0.143. The number of halogens is 2. The molecule has 0 saturated heterocycles. The number of aliphatic hydroxyl groups is 1. The molecule has 1 unspecified atom stereocenters. The number of rotatable bonds is 9. The van der Waals surface area contributed by atoms with E-state index in [9.17, 15) is 24.6 Å². The first-order chi connectivity index (χ1) is 17.7. The number of nitrogens with one attached hydrogen (secondary N) is 4. The van der Waals surface area contributed by atoms with Crippen LogP contribution >= 0.6 is 27.5 Å². The lowest BCUT2D eigenvalue weighted by Gasteiger charge is -2.21. The fourth-order valence-corrected chi connectivity index (χ4v) is 4.20. The van der Waals surface area contributed by atoms with Gasteiger partial charge in [-0.25, -0.2) is 0 Å². The molecule has 12 nitrogen and oxygen atoms in total. The van der Waals surface area contributed by atoms with Crippen LogP contribution in [0.25, 0.3) is 0 Å². The molecule has 3 rings (SSSR count). The number of anilines is 1. The third-order valence-corrected chi connectivity index (χ3v) is 5.91. The number of phenols is 1. The number of benzene rings is 1. The number of hydrogen-bond donors (Lipinski definition) is 6. The number of aromatic nitrogens is 1. The van der Waals surface area contributed by atoms with Crippen molar-refractivity contribution < 1.29 is 29.3 Å². The van der Waals surface area contributed by atoms with E-state index in [2.05, 4.69) is 47.2 Å². The standard InChI is InChI=1S/C23H26BrClN6O6/c1-2-37-20(34)6-18(16-4-13(25)5-17(24)21(16)35)31-19(33)11-27-22(36)12-3-14(8-26-7-12)30-23-28-9-15(32)10-29-23/h3-5,7-8,15,18,32,35H,2,6,9-11H2,1H3,(H,27,36)(H,31,33)(H2,28,29,30)/t18-/m1/s1. The molecule has 1 aromatic heterocycles. The molecule has 0 spiro atoms. The van der Waals surface area contributed by atoms with Crippen molar-refractivity contribution >= 4 is 57.0 Å². The summed E-state index contributed by atoms with van der Waals surface area (Å²) in [6.45, 7) is 1.98. The van der Waals surface area contributed by atoms with Crippen molar-refractivity contribution in [1.82, 2.24) is 20.9 Å². The topological polar surface area (TPSA) is 174 Å². The molecule has 1 aliphatic rings. The number of hydrogen-bond acceptors (Lipinski definition) is 10. The summed E-state index contributed by atoms with van der Waals surface area (Å²) in [4.78, 5) is 45.6. The molecule has 0 aliphatic carbocycles. The predicted molar refractivity (Wildman–Crippen MR) is 139 cm³/mol. The van der Waals surface area contributed by atoms with Crippen LogP contribution in [0.15, 0.2) is 40.1 Å². The molecular formula is C23H26BrClN6O6. The van der Waals surface area contributed by atoms with Crippen molar-refractivity contribution in [2.24, 2.45) is 4.99 Å². The molecule has 0 bridgehead atoms. The molecule has 14 heteroatoms. The molecule has 198 valence electrons. The van der Waals surface area contributed by atoms with Gasteiger partial charge in [0.25, 0.3) is 5.91 Å². The van der Waals surface area contributed by atoms with Gasteiger partial charge in [-0.3, -0.25) is 24.4 Å². The van der Waals surface area contributed by atoms with E-state index in [1.54, 1.807) is 6.92 Å². The van der Waals surface area contributed by atoms with Gasteiger partial charge in [0.15, 0.2) is 5.96 Å². The van der Waals surface area contributed by atoms with E-state index in [0.717, 1.165) is 0 Å². The maximum atomic E-state index is 12.7. The summed E-state index contributed by atoms with van der Waals surface area (Å²) in [5, 5.41) is 31.2. The third-order valence-electron chi connectivity index (χ3n) is 5.08. The number of guanidine groups is 1. The number of carbonyl (C=O) groups excluding carboxylic acids is 3. The van der Waals surface area contributed by atoms with Crippen molar-refractivity contribution in [2.45, 2.75) is 25.5 Å². The summed E-state index contributed by atoms with van der Waals surface area (Å²) in [6, 6.07) is 3.47. The molecule has 37 heavy (non-hydrogen) atoms. The smallest absolute Gasteiger partial charge is 0.308 e. The highest BCUT2D eigenvalue weighted by molar-refractivity contribution is 9.10. The molecule has 1 aliphatic heterocycles. The van der Waals surface area contributed by atoms with Gasteiger partial charge in [0.1, 0.15) is 5.75 Å². The number of aliphatic imine (C=N–C) groups is 1. The van der Waals surface area contributed by atoms with Crippen molar-refractivity contribution in [3.05, 3.63) is 51.2 Å². The van der Waals surface area contributed by atoms with E-state index < -0.39 is 36.5 Å². The second-order valence-electron chi connectivity index (χ2n) is 7.95. The number of amides is 2. The van der Waals surface area contributed by atoms with Crippen LogP contribution in [0.4, 0.5) is 5.69 Å². The largest absolute Gasteiger partial charge is 0.506 e. The number of carbonyl (C=O) groups is 3. The summed E-state index contributed by atoms with van der Waals surface area (Å²) in [5.74, 6) is -1.51. The normalized spacial score (nSPS) is 15.6. The highest BCUT2D eigenvalue weighted by Gasteiger charge is 2.24. The summed E-state index contributed by atoms with van der Waals surface area (Å²) in [5.41, 5.74) is 0.881. The lowest BCUT2D eigenvalue weighted by atomic mass is 10.0. The van der Waals surface area contributed by atoms with Gasteiger partial charge in [-0.05, 0) is 41.1 Å². The summed E-state index contributed by atoms with van der Waals surface area (Å²) in [6.07, 6.45) is 2.01. The zero-order valence-electron chi connectivity index (χ0n) is 19.8. The number of β-amino-alcohol motifs (C(OH)–C–C–N with tert-alkyl or cyclic N) is 1. The molecular weight excluding hydrogens is 572 g/mol. The Morgan fingerprint density at radius 2 is 2.08 bits per heavy atom. The molecule has 2 heterocycles. The monoisotopic (exact) mass is 596 g/mol. The molecule has 2 aromatic rings. The summed E-state index contributed by atoms with van der Waals surface area (Å²) in [7, 11) is 0. The fourth-order valence-electron chi connectivity index (χ4n) is 3.37. The van der Waals surface area contributed by atoms with Crippen LogP contribution in [0.2, 0.25) is 5.02 Å². The number of pyridine rings is 1. The Labute approximate surface area is 226 Å². The quantitative estimate of drug-likeness (QED) is 0.234. The number of ether oxygens (including phenoxy) is 1. The highest BCUT2D eigenvalue weighted by atomic mass is 79.9. The van der Waals surface area contributed by atoms with Gasteiger partial charge in [-0.1, -0.05) is 11.6 Å². The fraction of sp³-hybridized carbons (Fsp3) is 0.348. The van der Waals surface area contributed by atoms with Crippen LogP contribution in [-0.2, 0) is 14.3 Å². The van der Waals surface area contributed by atoms with E-state index in [4.69, 9.17) is 16.3 Å². The van der Waals surface area contributed by atoms with Crippen molar-refractivity contribution in [3.63, 3.8) is 0 Å². The van der Waals surface area contributed by atoms with Gasteiger partial charge in [0.2, 0.25) is 5.91 Å². The molecule has 0 saturated carbocycles. The second-order valence-corrected chi connectivity index (χ2v) is 9.24. The second kappa shape index (κ2) is 13.2. The number of aromatic hydroxyl groups is 1. The van der Waals surface area contributed by atoms with Gasteiger partial charge in [0, 0.05) is 23.3 Å². The van der Waals surface area contributed by atoms with E-state index in [1.807, 2.05) is 0 Å². The van der Waals surface area contributed by atoms with E-state index in [1.165, 1.54) is 30.6 Å². The minimum absolute atomic E-state index is 0.147. The first kappa shape index (κ1) is 28.2. The van der Waals surface area contributed by atoms with Crippen molar-refractivity contribution in [2.75, 3.05) is 31.6 Å². The molecule has 0 fully saturated rings. The Bertz CT molecular complexity index is 1200. The van der Waals surface area contributed by atoms with Gasteiger partial charge >= 0.3 is 5.97 Å². The number of phenolic OH excluding ortho intramolecular Hbond substituents is 1. The number of esters is 1. The van der Waals surface area contributed by atoms with Crippen LogP contribution in [0, 0.1) is 0 Å². The van der Waals surface area contributed by atoms with Gasteiger partial charge in [0.05, 0.1) is 60.2 Å². The van der Waals surface area contributed by atoms with E-state index in [0.29, 0.717) is 18.2 Å². The maximum Gasteiger partial charge on any atom is 0.308 e. The predicted octanol–water partition coefficient (Wildman–Crippen LogP) is 1.48. The Hall–Kier alpha value is -3.42. The SMILES string of the molecule is CCOC(=O)C[C@@H](NC(=O)CNC(=O)c1cncc(NC2=NCC(O)CN2)c1)c1cc(Cl)cc(Br)c1O. The lowest BCUT2D eigenvalue weighted by Crippen LogP contribution is -2.42. The molecule has 0 radical (unpaired) electrons. The average Bonchev–Trinajstić information content (AvgIpc) is 2.86. The van der Waals surface area contributed by atoms with Crippen LogP contribution in [0.5, 0.6) is 5.75 Å².